The lowest BCUT2D eigenvalue weighted by Gasteiger charge is -2.49. The van der Waals surface area contributed by atoms with E-state index in [1.807, 2.05) is 0 Å². The van der Waals surface area contributed by atoms with Crippen LogP contribution in [0.15, 0.2) is 26.8 Å². The third-order valence-electron chi connectivity index (χ3n) is 3.85. The zero-order valence-corrected chi connectivity index (χ0v) is 14.8. The Labute approximate surface area is 155 Å². The van der Waals surface area contributed by atoms with Gasteiger partial charge in [-0.1, -0.05) is 4.68 Å². The fraction of sp³-hybridized carbons (Fsp3) is 0.429. The smallest absolute Gasteiger partial charge is 0.426 e. The SMILES string of the molecule is CC(=O)OCC1=C(C(=O)O)N2C(=O)[C@@H](NC(=O)C[n+]3cc(=O)o[nH]3)[C@H]2SC1. The highest BCUT2D eigenvalue weighted by atomic mass is 32.2. The van der Waals surface area contributed by atoms with Crippen molar-refractivity contribution in [3.05, 3.63) is 27.9 Å². The van der Waals surface area contributed by atoms with Crippen LogP contribution in [0.2, 0.25) is 0 Å². The minimum atomic E-state index is -1.31. The first-order chi connectivity index (χ1) is 12.8. The van der Waals surface area contributed by atoms with Crippen molar-refractivity contribution < 1.29 is 38.2 Å². The molecule has 0 saturated carbocycles. The molecule has 1 fully saturated rings. The Balaban J connectivity index is 1.69. The summed E-state index contributed by atoms with van der Waals surface area (Å²) < 4.78 is 10.4. The van der Waals surface area contributed by atoms with E-state index < -0.39 is 40.8 Å². The van der Waals surface area contributed by atoms with Crippen LogP contribution in [-0.2, 0) is 30.5 Å². The first-order valence-electron chi connectivity index (χ1n) is 7.68. The lowest BCUT2D eigenvalue weighted by molar-refractivity contribution is -0.751. The molecule has 2 aliphatic rings. The van der Waals surface area contributed by atoms with Crippen molar-refractivity contribution in [1.82, 2.24) is 15.5 Å². The molecule has 12 nitrogen and oxygen atoms in total. The number of hydrogen-bond acceptors (Lipinski definition) is 8. The molecule has 0 aliphatic carbocycles. The second kappa shape index (κ2) is 7.26. The van der Waals surface area contributed by atoms with Gasteiger partial charge in [0.2, 0.25) is 0 Å². The predicted molar refractivity (Wildman–Crippen MR) is 85.8 cm³/mol. The van der Waals surface area contributed by atoms with Crippen molar-refractivity contribution in [3.8, 4) is 0 Å². The van der Waals surface area contributed by atoms with E-state index in [1.165, 1.54) is 18.7 Å². The normalized spacial score (nSPS) is 21.4. The minimum Gasteiger partial charge on any atom is -0.477 e. The van der Waals surface area contributed by atoms with Gasteiger partial charge >= 0.3 is 17.6 Å². The summed E-state index contributed by atoms with van der Waals surface area (Å²) in [7, 11) is 0. The van der Waals surface area contributed by atoms with Crippen molar-refractivity contribution in [1.29, 1.82) is 0 Å². The number of carbonyl (C=O) groups excluding carboxylic acids is 3. The van der Waals surface area contributed by atoms with E-state index in [0.717, 1.165) is 15.8 Å². The zero-order chi connectivity index (χ0) is 19.7. The summed E-state index contributed by atoms with van der Waals surface area (Å²) >= 11 is 1.25. The fourth-order valence-electron chi connectivity index (χ4n) is 2.72. The summed E-state index contributed by atoms with van der Waals surface area (Å²) in [5, 5.41) is 13.6. The molecular formula is C14H15N4O8S+. The largest absolute Gasteiger partial charge is 0.477 e. The Kier molecular flexibility index (Phi) is 5.03. The van der Waals surface area contributed by atoms with Crippen LogP contribution >= 0.6 is 11.8 Å². The average molecular weight is 399 g/mol. The molecule has 2 aliphatic heterocycles. The molecule has 2 amide bonds. The number of carboxylic acids is 1. The number of aromatic nitrogens is 2. The summed E-state index contributed by atoms with van der Waals surface area (Å²) in [6, 6.07) is -0.897. The maximum absolute atomic E-state index is 12.4. The number of ether oxygens (including phenoxy) is 1. The van der Waals surface area contributed by atoms with Gasteiger partial charge in [-0.05, 0) is 5.27 Å². The molecular weight excluding hydrogens is 384 g/mol. The van der Waals surface area contributed by atoms with Gasteiger partial charge < -0.3 is 15.2 Å². The summed E-state index contributed by atoms with van der Waals surface area (Å²) in [4.78, 5) is 59.0. The van der Waals surface area contributed by atoms with Crippen LogP contribution in [0.3, 0.4) is 0 Å². The standard InChI is InChI=1S/C14H14N4O8S/c1-6(19)25-4-7-5-27-13-10(12(22)18(13)11(7)14(23)24)15-8(20)2-17-3-9(21)26-16-17/h3,10,13H,2,4-5H2,1H3,(H2-,15,16,20,21,23,24)/p+1/t10-,13-/m1/s1. The van der Waals surface area contributed by atoms with E-state index in [0.29, 0.717) is 5.57 Å². The zero-order valence-electron chi connectivity index (χ0n) is 14.0. The van der Waals surface area contributed by atoms with Crippen LogP contribution in [0, 0.1) is 0 Å². The van der Waals surface area contributed by atoms with Gasteiger partial charge in [-0.2, -0.15) is 0 Å². The number of rotatable bonds is 6. The molecule has 3 N–H and O–H groups in total. The van der Waals surface area contributed by atoms with E-state index in [2.05, 4.69) is 15.1 Å². The molecule has 27 heavy (non-hydrogen) atoms. The van der Waals surface area contributed by atoms with Crippen LogP contribution in [0.25, 0.3) is 0 Å². The van der Waals surface area contributed by atoms with Gasteiger partial charge in [-0.3, -0.25) is 23.8 Å². The van der Waals surface area contributed by atoms with E-state index >= 15 is 0 Å². The van der Waals surface area contributed by atoms with E-state index in [-0.39, 0.29) is 24.6 Å². The van der Waals surface area contributed by atoms with Gasteiger partial charge in [0.25, 0.3) is 24.6 Å². The number of carboxylic acid groups (broad SMARTS) is 1. The van der Waals surface area contributed by atoms with Gasteiger partial charge in [-0.15, -0.1) is 11.8 Å². The topological polar surface area (TPSA) is 163 Å². The van der Waals surface area contributed by atoms with Crippen LogP contribution in [0.5, 0.6) is 0 Å². The number of esters is 1. The van der Waals surface area contributed by atoms with Crippen molar-refractivity contribution in [2.75, 3.05) is 12.4 Å². The number of hydrogen-bond donors (Lipinski definition) is 3. The van der Waals surface area contributed by atoms with Crippen LogP contribution in [0.1, 0.15) is 6.92 Å². The molecule has 13 heteroatoms. The van der Waals surface area contributed by atoms with Crippen molar-refractivity contribution in [2.24, 2.45) is 0 Å². The van der Waals surface area contributed by atoms with Gasteiger partial charge in [-0.25, -0.2) is 9.59 Å². The molecule has 0 radical (unpaired) electrons. The number of fused-ring (bicyclic) bond motifs is 1. The number of β-lactam (4-membered cyclic amide) rings is 1. The molecule has 0 spiro atoms. The number of aliphatic carboxylic acids is 1. The second-order valence-electron chi connectivity index (χ2n) is 5.76. The first kappa shape index (κ1) is 18.7. The van der Waals surface area contributed by atoms with Crippen LogP contribution < -0.4 is 15.6 Å². The molecule has 1 aromatic heterocycles. The highest BCUT2D eigenvalue weighted by Crippen LogP contribution is 2.40. The molecule has 0 aromatic carbocycles. The highest BCUT2D eigenvalue weighted by molar-refractivity contribution is 8.00. The van der Waals surface area contributed by atoms with Crippen molar-refractivity contribution in [2.45, 2.75) is 24.9 Å². The monoisotopic (exact) mass is 399 g/mol. The second-order valence-corrected chi connectivity index (χ2v) is 6.87. The highest BCUT2D eigenvalue weighted by Gasteiger charge is 2.54. The lowest BCUT2D eigenvalue weighted by Crippen LogP contribution is -2.71. The number of carbonyl (C=O) groups is 4. The number of aromatic amines is 1. The number of amides is 2. The molecule has 3 heterocycles. The molecule has 3 rings (SSSR count). The Bertz CT molecular complexity index is 903. The minimum absolute atomic E-state index is 0.220. The Morgan fingerprint density at radius 3 is 2.81 bits per heavy atom. The molecule has 144 valence electrons. The summed E-state index contributed by atoms with van der Waals surface area (Å²) in [5.74, 6) is -2.77. The summed E-state index contributed by atoms with van der Waals surface area (Å²) in [6.07, 6.45) is 1.04. The number of H-pyrrole nitrogens is 1. The van der Waals surface area contributed by atoms with Crippen LogP contribution in [0.4, 0.5) is 0 Å². The Morgan fingerprint density at radius 2 is 2.22 bits per heavy atom. The Hall–Kier alpha value is -3.09. The quantitative estimate of drug-likeness (QED) is 0.268. The number of nitrogens with zero attached hydrogens (tertiary/aromatic N) is 2. The molecule has 1 saturated heterocycles. The van der Waals surface area contributed by atoms with Gasteiger partial charge in [0, 0.05) is 18.2 Å². The summed E-state index contributed by atoms with van der Waals surface area (Å²) in [6.45, 7) is 0.708. The fourth-order valence-corrected chi connectivity index (χ4v) is 4.05. The molecule has 0 bridgehead atoms. The van der Waals surface area contributed by atoms with E-state index in [1.54, 1.807) is 0 Å². The average Bonchev–Trinajstić information content (AvgIpc) is 3.01. The van der Waals surface area contributed by atoms with E-state index in [9.17, 15) is 29.1 Å². The first-order valence-corrected chi connectivity index (χ1v) is 8.73. The number of nitrogens with one attached hydrogen (secondary N) is 2. The van der Waals surface area contributed by atoms with Gasteiger partial charge in [0.15, 0.2) is 0 Å². The molecule has 1 aromatic rings. The Morgan fingerprint density at radius 1 is 1.48 bits per heavy atom. The third-order valence-corrected chi connectivity index (χ3v) is 5.19. The van der Waals surface area contributed by atoms with E-state index in [4.69, 9.17) is 4.74 Å². The molecule has 2 atom stereocenters. The summed E-state index contributed by atoms with van der Waals surface area (Å²) in [5.41, 5.74) is -0.583. The van der Waals surface area contributed by atoms with Crippen LogP contribution in [-0.4, -0.2) is 62.8 Å². The van der Waals surface area contributed by atoms with Crippen molar-refractivity contribution >= 4 is 35.5 Å². The lowest BCUT2D eigenvalue weighted by atomic mass is 10.0. The molecule has 0 unspecified atom stereocenters. The maximum atomic E-state index is 12.4. The van der Waals surface area contributed by atoms with Gasteiger partial charge in [0.1, 0.15) is 23.7 Å². The van der Waals surface area contributed by atoms with Gasteiger partial charge in [0.05, 0.1) is 0 Å². The maximum Gasteiger partial charge on any atom is 0.426 e. The number of thioether (sulfide) groups is 1. The van der Waals surface area contributed by atoms with Crippen molar-refractivity contribution in [3.63, 3.8) is 0 Å². The predicted octanol–water partition coefficient (Wildman–Crippen LogP) is -2.44. The third kappa shape index (κ3) is 3.72.